The molecule has 2 rings (SSSR count). The number of nitrogens with one attached hydrogen (secondary N) is 3. The molecule has 0 saturated carbocycles. The molecule has 0 bridgehead atoms. The van der Waals surface area contributed by atoms with Crippen LogP contribution in [0.25, 0.3) is 0 Å². The lowest BCUT2D eigenvalue weighted by Crippen LogP contribution is -2.43. The van der Waals surface area contributed by atoms with Gasteiger partial charge in [-0.2, -0.15) is 0 Å². The molecule has 2 unspecified atom stereocenters. The maximum Gasteiger partial charge on any atom is 0.0832 e. The summed E-state index contributed by atoms with van der Waals surface area (Å²) in [5.74, 6) is 0. The van der Waals surface area contributed by atoms with Crippen molar-refractivity contribution in [2.75, 3.05) is 26.4 Å². The van der Waals surface area contributed by atoms with Crippen molar-refractivity contribution >= 4 is 0 Å². The van der Waals surface area contributed by atoms with Gasteiger partial charge < -0.3 is 9.47 Å². The summed E-state index contributed by atoms with van der Waals surface area (Å²) in [6.07, 6.45) is 2.62. The Morgan fingerprint density at radius 2 is 1.40 bits per heavy atom. The van der Waals surface area contributed by atoms with Crippen molar-refractivity contribution in [1.82, 2.24) is 16.7 Å². The highest BCUT2D eigenvalue weighted by Gasteiger charge is 2.22. The van der Waals surface area contributed by atoms with Crippen LogP contribution in [0.4, 0.5) is 0 Å². The highest BCUT2D eigenvalue weighted by atomic mass is 16.7. The number of epoxide rings is 2. The fourth-order valence-corrected chi connectivity index (χ4v) is 1.05. The van der Waals surface area contributed by atoms with Crippen molar-refractivity contribution in [1.29, 1.82) is 0 Å². The molecule has 7 nitrogen and oxygen atoms in total. The summed E-state index contributed by atoms with van der Waals surface area (Å²) >= 11 is 0. The molecular formula is C8H17N3O4. The van der Waals surface area contributed by atoms with Gasteiger partial charge in [-0.3, -0.25) is 9.68 Å². The summed E-state index contributed by atoms with van der Waals surface area (Å²) in [5.41, 5.74) is 7.55. The Morgan fingerprint density at radius 3 is 1.80 bits per heavy atom. The third-order valence-electron chi connectivity index (χ3n) is 2.13. The summed E-state index contributed by atoms with van der Waals surface area (Å²) in [7, 11) is 0. The molecule has 2 saturated heterocycles. The first-order valence-corrected chi connectivity index (χ1v) is 5.17. The molecule has 0 aromatic rings. The van der Waals surface area contributed by atoms with Crippen LogP contribution in [0.5, 0.6) is 0 Å². The van der Waals surface area contributed by atoms with E-state index in [0.29, 0.717) is 25.4 Å². The Kier molecular flexibility index (Phi) is 4.74. The quantitative estimate of drug-likeness (QED) is 0.248. The Hall–Kier alpha value is -0.280. The minimum atomic E-state index is 0.398. The zero-order valence-corrected chi connectivity index (χ0v) is 8.53. The second-order valence-electron chi connectivity index (χ2n) is 3.51. The summed E-state index contributed by atoms with van der Waals surface area (Å²) in [6, 6.07) is 0. The molecule has 0 aliphatic carbocycles. The number of ether oxygens (including phenoxy) is 2. The highest BCUT2D eigenvalue weighted by molar-refractivity contribution is 4.67. The largest absolute Gasteiger partial charge is 0.373 e. The van der Waals surface area contributed by atoms with Gasteiger partial charge in [-0.05, 0) is 0 Å². The van der Waals surface area contributed by atoms with Gasteiger partial charge in [-0.15, -0.1) is 16.7 Å². The van der Waals surface area contributed by atoms with Crippen LogP contribution >= 0.6 is 0 Å². The average Bonchev–Trinajstić information content (AvgIpc) is 3.10. The molecule has 2 heterocycles. The van der Waals surface area contributed by atoms with E-state index in [9.17, 15) is 0 Å². The van der Waals surface area contributed by atoms with Crippen molar-refractivity contribution in [3.8, 4) is 0 Å². The lowest BCUT2D eigenvalue weighted by molar-refractivity contribution is -0.0756. The van der Waals surface area contributed by atoms with Crippen LogP contribution in [0, 0.1) is 0 Å². The van der Waals surface area contributed by atoms with Crippen molar-refractivity contribution in [3.05, 3.63) is 0 Å². The molecule has 0 radical (unpaired) electrons. The Balaban J connectivity index is 1.23. The summed E-state index contributed by atoms with van der Waals surface area (Å²) in [6.45, 7) is 2.94. The number of hydrogen-bond acceptors (Lipinski definition) is 7. The van der Waals surface area contributed by atoms with Crippen LogP contribution in [0.3, 0.4) is 0 Å². The van der Waals surface area contributed by atoms with E-state index in [-0.39, 0.29) is 0 Å². The lowest BCUT2D eigenvalue weighted by atomic mass is 10.4. The first-order valence-electron chi connectivity index (χ1n) is 5.17. The fraction of sp³-hybridized carbons (Fsp3) is 1.00. The maximum absolute atomic E-state index is 5.02. The minimum Gasteiger partial charge on any atom is -0.373 e. The van der Waals surface area contributed by atoms with E-state index in [2.05, 4.69) is 16.7 Å². The molecule has 0 aromatic carbocycles. The third-order valence-corrected chi connectivity index (χ3v) is 2.13. The average molecular weight is 219 g/mol. The Morgan fingerprint density at radius 1 is 0.933 bits per heavy atom. The van der Waals surface area contributed by atoms with E-state index in [0.717, 1.165) is 26.1 Å². The van der Waals surface area contributed by atoms with Crippen LogP contribution in [0.15, 0.2) is 0 Å². The van der Waals surface area contributed by atoms with E-state index in [1.165, 1.54) is 0 Å². The highest BCUT2D eigenvalue weighted by Crippen LogP contribution is 2.12. The molecule has 7 heteroatoms. The van der Waals surface area contributed by atoms with Gasteiger partial charge in [-0.25, -0.2) is 0 Å². The van der Waals surface area contributed by atoms with Gasteiger partial charge in [0.1, 0.15) is 0 Å². The molecule has 0 amide bonds. The van der Waals surface area contributed by atoms with E-state index in [1.54, 1.807) is 0 Å². The number of rotatable bonds is 10. The van der Waals surface area contributed by atoms with Gasteiger partial charge >= 0.3 is 0 Å². The zero-order valence-electron chi connectivity index (χ0n) is 8.53. The van der Waals surface area contributed by atoms with E-state index >= 15 is 0 Å². The maximum atomic E-state index is 5.02. The molecule has 2 aliphatic heterocycles. The molecule has 0 spiro atoms. The Bertz CT molecular complexity index is 157. The van der Waals surface area contributed by atoms with Crippen molar-refractivity contribution < 1.29 is 19.1 Å². The molecule has 88 valence electrons. The molecular weight excluding hydrogens is 202 g/mol. The summed E-state index contributed by atoms with van der Waals surface area (Å²) in [5, 5.41) is 0. The fourth-order valence-electron chi connectivity index (χ4n) is 1.05. The molecule has 3 N–H and O–H groups in total. The smallest absolute Gasteiger partial charge is 0.0832 e. The van der Waals surface area contributed by atoms with Crippen LogP contribution in [0.2, 0.25) is 0 Å². The van der Waals surface area contributed by atoms with Gasteiger partial charge in [0.15, 0.2) is 0 Å². The van der Waals surface area contributed by atoms with Crippen molar-refractivity contribution in [2.45, 2.75) is 25.0 Å². The second kappa shape index (κ2) is 6.33. The summed E-state index contributed by atoms with van der Waals surface area (Å²) < 4.78 is 10.0. The van der Waals surface area contributed by atoms with Gasteiger partial charge in [0.25, 0.3) is 0 Å². The van der Waals surface area contributed by atoms with Crippen LogP contribution in [-0.4, -0.2) is 38.6 Å². The molecule has 2 aliphatic rings. The normalized spacial score (nSPS) is 28.0. The van der Waals surface area contributed by atoms with E-state index < -0.39 is 0 Å². The number of hydrogen-bond donors (Lipinski definition) is 3. The molecule has 15 heavy (non-hydrogen) atoms. The lowest BCUT2D eigenvalue weighted by Gasteiger charge is -2.07. The van der Waals surface area contributed by atoms with Crippen LogP contribution in [0.1, 0.15) is 12.8 Å². The molecule has 2 fully saturated rings. The van der Waals surface area contributed by atoms with Gasteiger partial charge in [0.2, 0.25) is 0 Å². The zero-order chi connectivity index (χ0) is 10.3. The Labute approximate surface area is 88.2 Å². The van der Waals surface area contributed by atoms with Gasteiger partial charge in [-0.1, -0.05) is 0 Å². The monoisotopic (exact) mass is 219 g/mol. The minimum absolute atomic E-state index is 0.398. The topological polar surface area (TPSA) is 79.6 Å². The predicted octanol–water partition coefficient (Wildman–Crippen LogP) is -0.974. The van der Waals surface area contributed by atoms with Crippen molar-refractivity contribution in [3.63, 3.8) is 0 Å². The van der Waals surface area contributed by atoms with Crippen molar-refractivity contribution in [2.24, 2.45) is 0 Å². The van der Waals surface area contributed by atoms with Crippen LogP contribution < -0.4 is 16.7 Å². The first-order chi connectivity index (χ1) is 7.45. The third kappa shape index (κ3) is 6.00. The van der Waals surface area contributed by atoms with E-state index in [1.807, 2.05) is 0 Å². The van der Waals surface area contributed by atoms with E-state index in [4.69, 9.17) is 19.1 Å². The predicted molar refractivity (Wildman–Crippen MR) is 50.0 cm³/mol. The SMILES string of the molecule is C(CC1CO1)ONNNOCCC1CO1. The number of hydrazine groups is 2. The first kappa shape index (κ1) is 11.2. The second-order valence-corrected chi connectivity index (χ2v) is 3.51. The van der Waals surface area contributed by atoms with Gasteiger partial charge in [0, 0.05) is 12.8 Å². The standard InChI is InChI=1S/C8H17N3O4/c1(7-5-12-7)3-14-10-9-11-15-4-2-8-6-13-8/h7-11H,1-6H2. The molecule has 2 atom stereocenters. The van der Waals surface area contributed by atoms with Gasteiger partial charge in [0.05, 0.1) is 38.6 Å². The summed E-state index contributed by atoms with van der Waals surface area (Å²) in [4.78, 5) is 10.0. The van der Waals surface area contributed by atoms with Crippen LogP contribution in [-0.2, 0) is 19.1 Å². The molecule has 0 aromatic heterocycles.